The molecule has 1 rings (SSSR count). The molecule has 76 valence electrons. The molecule has 1 aromatic heterocycles. The monoisotopic (exact) mass is 198 g/mol. The highest BCUT2D eigenvalue weighted by molar-refractivity contribution is 6.32. The zero-order valence-corrected chi connectivity index (χ0v) is 7.77. The fourth-order valence-electron chi connectivity index (χ4n) is 0.840. The third-order valence-corrected chi connectivity index (χ3v) is 1.56. The number of aromatic amines is 1. The van der Waals surface area contributed by atoms with Crippen molar-refractivity contribution in [3.63, 3.8) is 0 Å². The minimum Gasteiger partial charge on any atom is -0.462 e. The minimum atomic E-state index is -0.934. The van der Waals surface area contributed by atoms with Crippen molar-refractivity contribution < 1.29 is 14.3 Å². The summed E-state index contributed by atoms with van der Waals surface area (Å²) in [6, 6.07) is -0.413. The first-order valence-electron chi connectivity index (χ1n) is 3.89. The number of nitrogens with one attached hydrogen (secondary N) is 2. The number of methoxy groups -OCH3 is 1. The first-order chi connectivity index (χ1) is 6.65. The summed E-state index contributed by atoms with van der Waals surface area (Å²) in [5.41, 5.74) is 0. The van der Waals surface area contributed by atoms with Gasteiger partial charge in [-0.3, -0.25) is 9.89 Å². The number of hydrogen-bond donors (Lipinski definition) is 2. The van der Waals surface area contributed by atoms with E-state index in [2.05, 4.69) is 25.2 Å². The fraction of sp³-hybridized carbons (Fsp3) is 0.429. The van der Waals surface area contributed by atoms with E-state index in [1.807, 2.05) is 0 Å². The molecule has 2 N–H and O–H groups in total. The largest absolute Gasteiger partial charge is 0.462 e. The number of rotatable bonds is 2. The van der Waals surface area contributed by atoms with Gasteiger partial charge in [-0.2, -0.15) is 5.10 Å². The van der Waals surface area contributed by atoms with Crippen LogP contribution in [0.4, 0.5) is 0 Å². The highest BCUT2D eigenvalue weighted by Gasteiger charge is 2.18. The number of nitrogens with zero attached hydrogens (tertiary/aromatic N) is 2. The van der Waals surface area contributed by atoms with Crippen LogP contribution in [0, 0.1) is 0 Å². The van der Waals surface area contributed by atoms with Crippen molar-refractivity contribution in [1.82, 2.24) is 20.5 Å². The summed E-state index contributed by atoms with van der Waals surface area (Å²) in [6.07, 6.45) is 1.32. The van der Waals surface area contributed by atoms with Gasteiger partial charge in [-0.15, -0.1) is 0 Å². The predicted octanol–water partition coefficient (Wildman–Crippen LogP) is -0.845. The van der Waals surface area contributed by atoms with E-state index in [0.29, 0.717) is 5.82 Å². The number of carbonyl (C=O) groups excluding carboxylic acids is 2. The summed E-state index contributed by atoms with van der Waals surface area (Å²) in [5, 5.41) is 8.57. The maximum absolute atomic E-state index is 11.0. The van der Waals surface area contributed by atoms with Gasteiger partial charge in [0.15, 0.2) is 0 Å². The van der Waals surface area contributed by atoms with E-state index in [9.17, 15) is 9.59 Å². The number of esters is 1. The van der Waals surface area contributed by atoms with E-state index in [1.54, 1.807) is 6.92 Å². The predicted molar refractivity (Wildman–Crippen MR) is 45.0 cm³/mol. The van der Waals surface area contributed by atoms with Gasteiger partial charge in [-0.05, 0) is 6.92 Å². The molecule has 1 amide bonds. The van der Waals surface area contributed by atoms with E-state index in [4.69, 9.17) is 0 Å². The van der Waals surface area contributed by atoms with E-state index in [1.165, 1.54) is 6.33 Å². The van der Waals surface area contributed by atoms with Crippen molar-refractivity contribution in [3.8, 4) is 0 Å². The maximum Gasteiger partial charge on any atom is 0.396 e. The number of ether oxygens (including phenoxy) is 1. The number of carbonyl (C=O) groups is 2. The van der Waals surface area contributed by atoms with E-state index in [-0.39, 0.29) is 0 Å². The van der Waals surface area contributed by atoms with Crippen LogP contribution in [0.2, 0.25) is 0 Å². The summed E-state index contributed by atoms with van der Waals surface area (Å²) < 4.78 is 4.23. The molecule has 7 heteroatoms. The molecule has 7 nitrogen and oxygen atoms in total. The average Bonchev–Trinajstić information content (AvgIpc) is 2.69. The Morgan fingerprint density at radius 2 is 2.36 bits per heavy atom. The van der Waals surface area contributed by atoms with Crippen molar-refractivity contribution in [2.45, 2.75) is 13.0 Å². The summed E-state index contributed by atoms with van der Waals surface area (Å²) in [4.78, 5) is 25.6. The normalized spacial score (nSPS) is 11.9. The van der Waals surface area contributed by atoms with E-state index < -0.39 is 17.9 Å². The average molecular weight is 198 g/mol. The second-order valence-electron chi connectivity index (χ2n) is 2.56. The van der Waals surface area contributed by atoms with Crippen molar-refractivity contribution >= 4 is 11.9 Å². The van der Waals surface area contributed by atoms with Crippen LogP contribution in [0.3, 0.4) is 0 Å². The molecule has 0 aliphatic rings. The number of H-pyrrole nitrogens is 1. The molecule has 0 aliphatic heterocycles. The Hall–Kier alpha value is -1.92. The smallest absolute Gasteiger partial charge is 0.396 e. The molecule has 1 aromatic rings. The first kappa shape index (κ1) is 10.2. The van der Waals surface area contributed by atoms with Crippen LogP contribution in [-0.4, -0.2) is 34.2 Å². The van der Waals surface area contributed by atoms with Gasteiger partial charge in [0.1, 0.15) is 12.2 Å². The SMILES string of the molecule is COC(=O)C(=O)NC(C)c1ncn[nH]1. The summed E-state index contributed by atoms with van der Waals surface area (Å²) >= 11 is 0. The van der Waals surface area contributed by atoms with Gasteiger partial charge in [0.2, 0.25) is 0 Å². The van der Waals surface area contributed by atoms with Gasteiger partial charge in [0, 0.05) is 0 Å². The molecule has 0 radical (unpaired) electrons. The highest BCUT2D eigenvalue weighted by Crippen LogP contribution is 2.03. The molecule has 1 atom stereocenters. The Balaban J connectivity index is 2.53. The molecule has 1 heterocycles. The molecule has 0 fully saturated rings. The third-order valence-electron chi connectivity index (χ3n) is 1.56. The quantitative estimate of drug-likeness (QED) is 0.476. The van der Waals surface area contributed by atoms with Gasteiger partial charge in [-0.1, -0.05) is 0 Å². The molecule has 0 saturated carbocycles. The van der Waals surface area contributed by atoms with Crippen molar-refractivity contribution in [1.29, 1.82) is 0 Å². The molecule has 0 spiro atoms. The highest BCUT2D eigenvalue weighted by atomic mass is 16.5. The lowest BCUT2D eigenvalue weighted by Crippen LogP contribution is -2.34. The number of amides is 1. The fourth-order valence-corrected chi connectivity index (χ4v) is 0.840. The lowest BCUT2D eigenvalue weighted by atomic mass is 10.3. The zero-order valence-electron chi connectivity index (χ0n) is 7.77. The lowest BCUT2D eigenvalue weighted by molar-refractivity contribution is -0.153. The van der Waals surface area contributed by atoms with E-state index >= 15 is 0 Å². The second-order valence-corrected chi connectivity index (χ2v) is 2.56. The van der Waals surface area contributed by atoms with Gasteiger partial charge < -0.3 is 10.1 Å². The Morgan fingerprint density at radius 1 is 1.64 bits per heavy atom. The number of aromatic nitrogens is 3. The summed E-state index contributed by atoms with van der Waals surface area (Å²) in [6.45, 7) is 1.67. The van der Waals surface area contributed by atoms with Crippen LogP contribution in [0.5, 0.6) is 0 Å². The molecule has 0 bridgehead atoms. The van der Waals surface area contributed by atoms with Crippen LogP contribution in [0.1, 0.15) is 18.8 Å². The molecule has 14 heavy (non-hydrogen) atoms. The van der Waals surface area contributed by atoms with Crippen LogP contribution >= 0.6 is 0 Å². The van der Waals surface area contributed by atoms with Gasteiger partial charge in [0.25, 0.3) is 0 Å². The van der Waals surface area contributed by atoms with Crippen molar-refractivity contribution in [3.05, 3.63) is 12.2 Å². The van der Waals surface area contributed by atoms with Crippen LogP contribution in [0.15, 0.2) is 6.33 Å². The topological polar surface area (TPSA) is 97.0 Å². The third kappa shape index (κ3) is 2.28. The van der Waals surface area contributed by atoms with Gasteiger partial charge >= 0.3 is 11.9 Å². The first-order valence-corrected chi connectivity index (χ1v) is 3.89. The summed E-state index contributed by atoms with van der Waals surface area (Å²) in [5.74, 6) is -1.27. The van der Waals surface area contributed by atoms with Crippen molar-refractivity contribution in [2.24, 2.45) is 0 Å². The molecular weight excluding hydrogens is 188 g/mol. The second kappa shape index (κ2) is 4.35. The van der Waals surface area contributed by atoms with Gasteiger partial charge in [0.05, 0.1) is 13.2 Å². The Labute approximate surface area is 79.9 Å². The van der Waals surface area contributed by atoms with E-state index in [0.717, 1.165) is 7.11 Å². The van der Waals surface area contributed by atoms with Crippen LogP contribution in [-0.2, 0) is 14.3 Å². The molecule has 1 unspecified atom stereocenters. The Kier molecular flexibility index (Phi) is 3.16. The van der Waals surface area contributed by atoms with Crippen LogP contribution < -0.4 is 5.32 Å². The lowest BCUT2D eigenvalue weighted by Gasteiger charge is -2.08. The van der Waals surface area contributed by atoms with Crippen LogP contribution in [0.25, 0.3) is 0 Å². The molecule has 0 aromatic carbocycles. The van der Waals surface area contributed by atoms with Gasteiger partial charge in [-0.25, -0.2) is 9.78 Å². The molecule has 0 saturated heterocycles. The minimum absolute atomic E-state index is 0.413. The maximum atomic E-state index is 11.0. The standard InChI is InChI=1S/C7H10N4O3/c1-4(5-8-3-9-11-5)10-6(12)7(13)14-2/h3-4H,1-2H3,(H,10,12)(H,8,9,11). The summed E-state index contributed by atoms with van der Waals surface area (Å²) in [7, 11) is 1.14. The Bertz CT molecular complexity index is 322. The molecule has 0 aliphatic carbocycles. The Morgan fingerprint density at radius 3 is 2.86 bits per heavy atom. The zero-order chi connectivity index (χ0) is 10.6. The molecular formula is C7H10N4O3. The number of hydrogen-bond acceptors (Lipinski definition) is 5. The van der Waals surface area contributed by atoms with Crippen molar-refractivity contribution in [2.75, 3.05) is 7.11 Å².